The predicted octanol–water partition coefficient (Wildman–Crippen LogP) is 1.97. The molecule has 1 saturated heterocycles. The molecule has 2 N–H and O–H groups in total. The molecule has 1 heterocycles. The van der Waals surface area contributed by atoms with Gasteiger partial charge in [0.2, 0.25) is 5.91 Å². The standard InChI is InChI=1S/C15H20BrN3O2/c1-18(2)14(20)10-5-7-19(8-6-10)15(21)11-3-4-13(17)12(16)9-11/h3-4,9-10H,5-8,17H2,1-2H3. The fourth-order valence-corrected chi connectivity index (χ4v) is 2.92. The molecule has 1 aliphatic rings. The molecule has 1 aromatic carbocycles. The lowest BCUT2D eigenvalue weighted by molar-refractivity contribution is -0.134. The van der Waals surface area contributed by atoms with Gasteiger partial charge in [0.1, 0.15) is 0 Å². The Morgan fingerprint density at radius 1 is 1.29 bits per heavy atom. The van der Waals surface area contributed by atoms with Crippen LogP contribution in [-0.2, 0) is 4.79 Å². The zero-order valence-corrected chi connectivity index (χ0v) is 13.9. The zero-order valence-electron chi connectivity index (χ0n) is 12.3. The molecule has 0 aromatic heterocycles. The lowest BCUT2D eigenvalue weighted by atomic mass is 9.95. The van der Waals surface area contributed by atoms with E-state index < -0.39 is 0 Å². The Kier molecular flexibility index (Phi) is 4.88. The number of carbonyl (C=O) groups excluding carboxylic acids is 2. The number of rotatable bonds is 2. The number of amides is 2. The maximum absolute atomic E-state index is 12.4. The number of carbonyl (C=O) groups is 2. The second-order valence-corrected chi connectivity index (χ2v) is 6.39. The number of halogens is 1. The average molecular weight is 354 g/mol. The minimum absolute atomic E-state index is 0.00791. The summed E-state index contributed by atoms with van der Waals surface area (Å²) in [6, 6.07) is 5.20. The molecule has 21 heavy (non-hydrogen) atoms. The van der Waals surface area contributed by atoms with Crippen molar-refractivity contribution < 1.29 is 9.59 Å². The van der Waals surface area contributed by atoms with Gasteiger partial charge in [-0.15, -0.1) is 0 Å². The molecule has 0 atom stereocenters. The number of nitrogens with zero attached hydrogens (tertiary/aromatic N) is 2. The number of nitrogen functional groups attached to an aromatic ring is 1. The summed E-state index contributed by atoms with van der Waals surface area (Å²) >= 11 is 3.34. The van der Waals surface area contributed by atoms with E-state index in [0.717, 1.165) is 17.3 Å². The van der Waals surface area contributed by atoms with E-state index in [9.17, 15) is 9.59 Å². The lowest BCUT2D eigenvalue weighted by Gasteiger charge is -2.32. The van der Waals surface area contributed by atoms with E-state index in [1.165, 1.54) is 0 Å². The van der Waals surface area contributed by atoms with Crippen molar-refractivity contribution in [1.29, 1.82) is 0 Å². The number of piperidine rings is 1. The molecule has 2 rings (SSSR count). The van der Waals surface area contributed by atoms with Gasteiger partial charge in [-0.1, -0.05) is 0 Å². The molecule has 1 aromatic rings. The summed E-state index contributed by atoms with van der Waals surface area (Å²) < 4.78 is 0.728. The van der Waals surface area contributed by atoms with Crippen molar-refractivity contribution in [1.82, 2.24) is 9.80 Å². The van der Waals surface area contributed by atoms with E-state index in [0.29, 0.717) is 24.3 Å². The summed E-state index contributed by atoms with van der Waals surface area (Å²) in [7, 11) is 3.54. The molecule has 2 amide bonds. The van der Waals surface area contributed by atoms with E-state index in [1.54, 1.807) is 42.1 Å². The van der Waals surface area contributed by atoms with Crippen LogP contribution in [0.3, 0.4) is 0 Å². The molecule has 5 nitrogen and oxygen atoms in total. The van der Waals surface area contributed by atoms with E-state index >= 15 is 0 Å². The summed E-state index contributed by atoms with van der Waals surface area (Å²) in [5, 5.41) is 0. The van der Waals surface area contributed by atoms with Crippen molar-refractivity contribution in [2.24, 2.45) is 5.92 Å². The highest BCUT2D eigenvalue weighted by Crippen LogP contribution is 2.24. The topological polar surface area (TPSA) is 66.6 Å². The molecule has 1 aliphatic heterocycles. The molecule has 6 heteroatoms. The normalized spacial score (nSPS) is 15.9. The molecule has 0 aliphatic carbocycles. The molecule has 1 fully saturated rings. The fraction of sp³-hybridized carbons (Fsp3) is 0.467. The van der Waals surface area contributed by atoms with Gasteiger partial charge in [-0.05, 0) is 47.0 Å². The van der Waals surface area contributed by atoms with Gasteiger partial charge < -0.3 is 15.5 Å². The summed E-state index contributed by atoms with van der Waals surface area (Å²) in [4.78, 5) is 27.8. The van der Waals surface area contributed by atoms with Crippen LogP contribution in [0.15, 0.2) is 22.7 Å². The highest BCUT2D eigenvalue weighted by molar-refractivity contribution is 9.10. The monoisotopic (exact) mass is 353 g/mol. The summed E-state index contributed by atoms with van der Waals surface area (Å²) in [5.41, 5.74) is 6.96. The van der Waals surface area contributed by atoms with Crippen LogP contribution in [0.5, 0.6) is 0 Å². The Balaban J connectivity index is 2.00. The summed E-state index contributed by atoms with van der Waals surface area (Å²) in [6.07, 6.45) is 1.44. The molecular formula is C15H20BrN3O2. The van der Waals surface area contributed by atoms with Crippen molar-refractivity contribution >= 4 is 33.4 Å². The highest BCUT2D eigenvalue weighted by Gasteiger charge is 2.28. The van der Waals surface area contributed by atoms with E-state index in [-0.39, 0.29) is 17.7 Å². The predicted molar refractivity (Wildman–Crippen MR) is 85.9 cm³/mol. The molecular weight excluding hydrogens is 334 g/mol. The second kappa shape index (κ2) is 6.47. The third kappa shape index (κ3) is 3.56. The van der Waals surface area contributed by atoms with Crippen LogP contribution < -0.4 is 5.73 Å². The van der Waals surface area contributed by atoms with Crippen LogP contribution in [0.25, 0.3) is 0 Å². The van der Waals surface area contributed by atoms with Crippen molar-refractivity contribution in [2.75, 3.05) is 32.9 Å². The molecule has 0 unspecified atom stereocenters. The van der Waals surface area contributed by atoms with E-state index in [2.05, 4.69) is 15.9 Å². The Bertz CT molecular complexity index is 552. The second-order valence-electron chi connectivity index (χ2n) is 5.54. The summed E-state index contributed by atoms with van der Waals surface area (Å²) in [6.45, 7) is 1.23. The van der Waals surface area contributed by atoms with Gasteiger partial charge in [-0.3, -0.25) is 9.59 Å². The molecule has 0 spiro atoms. The number of benzene rings is 1. The van der Waals surface area contributed by atoms with Crippen LogP contribution in [0.2, 0.25) is 0 Å². The Labute approximate surface area is 133 Å². The smallest absolute Gasteiger partial charge is 0.253 e. The molecule has 114 valence electrons. The Hall–Kier alpha value is -1.56. The van der Waals surface area contributed by atoms with Crippen molar-refractivity contribution in [3.8, 4) is 0 Å². The molecule has 0 radical (unpaired) electrons. The van der Waals surface area contributed by atoms with Crippen LogP contribution in [0.4, 0.5) is 5.69 Å². The maximum atomic E-state index is 12.4. The van der Waals surface area contributed by atoms with Gasteiger partial charge >= 0.3 is 0 Å². The minimum atomic E-state index is -0.00791. The van der Waals surface area contributed by atoms with Crippen LogP contribution in [-0.4, -0.2) is 48.8 Å². The first-order chi connectivity index (χ1) is 9.90. The SMILES string of the molecule is CN(C)C(=O)C1CCN(C(=O)c2ccc(N)c(Br)c2)CC1. The third-order valence-electron chi connectivity index (χ3n) is 3.82. The van der Waals surface area contributed by atoms with Crippen LogP contribution in [0.1, 0.15) is 23.2 Å². The van der Waals surface area contributed by atoms with E-state index in [4.69, 9.17) is 5.73 Å². The number of hydrogen-bond donors (Lipinski definition) is 1. The Morgan fingerprint density at radius 2 is 1.90 bits per heavy atom. The minimum Gasteiger partial charge on any atom is -0.398 e. The largest absolute Gasteiger partial charge is 0.398 e. The van der Waals surface area contributed by atoms with Crippen molar-refractivity contribution in [3.05, 3.63) is 28.2 Å². The van der Waals surface area contributed by atoms with Gasteiger partial charge in [0.05, 0.1) is 0 Å². The summed E-state index contributed by atoms with van der Waals surface area (Å²) in [5.74, 6) is 0.172. The zero-order chi connectivity index (χ0) is 15.6. The van der Waals surface area contributed by atoms with Crippen LogP contribution in [0, 0.1) is 5.92 Å². The van der Waals surface area contributed by atoms with Gasteiger partial charge in [-0.25, -0.2) is 0 Å². The average Bonchev–Trinajstić information content (AvgIpc) is 2.48. The quantitative estimate of drug-likeness (QED) is 0.826. The number of nitrogens with two attached hydrogens (primary N) is 1. The van der Waals surface area contributed by atoms with Crippen LogP contribution >= 0.6 is 15.9 Å². The number of hydrogen-bond acceptors (Lipinski definition) is 3. The van der Waals surface area contributed by atoms with Crippen molar-refractivity contribution in [3.63, 3.8) is 0 Å². The third-order valence-corrected chi connectivity index (χ3v) is 4.51. The number of anilines is 1. The molecule has 0 saturated carbocycles. The fourth-order valence-electron chi connectivity index (χ4n) is 2.54. The van der Waals surface area contributed by atoms with Gasteiger partial charge in [0.25, 0.3) is 5.91 Å². The highest BCUT2D eigenvalue weighted by atomic mass is 79.9. The van der Waals surface area contributed by atoms with Gasteiger partial charge in [0, 0.05) is 48.8 Å². The van der Waals surface area contributed by atoms with Crippen molar-refractivity contribution in [2.45, 2.75) is 12.8 Å². The number of likely N-dealkylation sites (tertiary alicyclic amines) is 1. The van der Waals surface area contributed by atoms with E-state index in [1.807, 2.05) is 0 Å². The van der Waals surface area contributed by atoms with Gasteiger partial charge in [-0.2, -0.15) is 0 Å². The first-order valence-electron chi connectivity index (χ1n) is 6.95. The Morgan fingerprint density at radius 3 is 2.43 bits per heavy atom. The first kappa shape index (κ1) is 15.8. The lowest BCUT2D eigenvalue weighted by Crippen LogP contribution is -2.42. The first-order valence-corrected chi connectivity index (χ1v) is 7.75. The van der Waals surface area contributed by atoms with Gasteiger partial charge in [0.15, 0.2) is 0 Å². The molecule has 0 bridgehead atoms. The maximum Gasteiger partial charge on any atom is 0.253 e.